The Kier molecular flexibility index (Phi) is 3.40. The lowest BCUT2D eigenvalue weighted by Gasteiger charge is -2.12. The molecule has 1 heterocycles. The molecule has 0 aromatic carbocycles. The van der Waals surface area contributed by atoms with E-state index in [1.165, 1.54) is 20.8 Å². The highest BCUT2D eigenvalue weighted by atomic mass is 32.1. The van der Waals surface area contributed by atoms with Gasteiger partial charge in [0.2, 0.25) is 5.91 Å². The van der Waals surface area contributed by atoms with Gasteiger partial charge in [-0.05, 0) is 13.8 Å². The van der Waals surface area contributed by atoms with E-state index in [9.17, 15) is 9.59 Å². The van der Waals surface area contributed by atoms with E-state index in [1.807, 2.05) is 6.07 Å². The first-order valence-corrected chi connectivity index (χ1v) is 5.44. The van der Waals surface area contributed by atoms with E-state index in [4.69, 9.17) is 5.26 Å². The number of nitriles is 1. The number of carbonyl (C=O) groups excluding carboxylic acids is 2. The molecule has 0 unspecified atom stereocenters. The second-order valence-electron chi connectivity index (χ2n) is 3.79. The molecule has 0 saturated carbocycles. The Hall–Kier alpha value is -1.74. The highest BCUT2D eigenvalue weighted by Crippen LogP contribution is 2.20. The highest BCUT2D eigenvalue weighted by Gasteiger charge is 2.27. The fourth-order valence-corrected chi connectivity index (χ4v) is 1.54. The average Bonchev–Trinajstić information content (AvgIpc) is 2.66. The molecule has 5 nitrogen and oxygen atoms in total. The van der Waals surface area contributed by atoms with Crippen LogP contribution >= 0.6 is 11.3 Å². The molecule has 6 heteroatoms. The third-order valence-corrected chi connectivity index (χ3v) is 2.69. The maximum absolute atomic E-state index is 11.6. The molecule has 0 radical (unpaired) electrons. The number of anilines is 1. The zero-order valence-electron chi connectivity index (χ0n) is 9.20. The maximum atomic E-state index is 11.6. The summed E-state index contributed by atoms with van der Waals surface area (Å²) in [5.41, 5.74) is -0.794. The van der Waals surface area contributed by atoms with Gasteiger partial charge in [0.15, 0.2) is 10.9 Å². The molecule has 1 rings (SSSR count). The monoisotopic (exact) mass is 237 g/mol. The van der Waals surface area contributed by atoms with Crippen LogP contribution in [0.4, 0.5) is 5.13 Å². The lowest BCUT2D eigenvalue weighted by atomic mass is 9.95. The average molecular weight is 237 g/mol. The third-order valence-electron chi connectivity index (χ3n) is 1.93. The second kappa shape index (κ2) is 4.41. The van der Waals surface area contributed by atoms with Gasteiger partial charge in [-0.1, -0.05) is 0 Å². The smallest absolute Gasteiger partial charge is 0.246 e. The van der Waals surface area contributed by atoms with Crippen LogP contribution in [0.25, 0.3) is 0 Å². The first kappa shape index (κ1) is 12.3. The predicted octanol–water partition coefficient (Wildman–Crippen LogP) is 1.83. The molecule has 1 aromatic heterocycles. The van der Waals surface area contributed by atoms with Gasteiger partial charge >= 0.3 is 0 Å². The molecule has 0 spiro atoms. The van der Waals surface area contributed by atoms with Crippen molar-refractivity contribution in [2.45, 2.75) is 20.8 Å². The number of amides is 1. The van der Waals surface area contributed by atoms with Crippen LogP contribution in [0.3, 0.4) is 0 Å². The van der Waals surface area contributed by atoms with Crippen LogP contribution in [0.5, 0.6) is 0 Å². The number of hydrogen-bond acceptors (Lipinski definition) is 5. The summed E-state index contributed by atoms with van der Waals surface area (Å²) in [6.45, 7) is 4.43. The molecule has 0 fully saturated rings. The van der Waals surface area contributed by atoms with E-state index < -0.39 is 11.3 Å². The Bertz CT molecular complexity index is 471. The van der Waals surface area contributed by atoms with E-state index in [2.05, 4.69) is 10.3 Å². The minimum atomic E-state index is -1.11. The second-order valence-corrected chi connectivity index (χ2v) is 4.64. The Morgan fingerprint density at radius 3 is 2.62 bits per heavy atom. The summed E-state index contributed by atoms with van der Waals surface area (Å²) in [7, 11) is 0. The number of Topliss-reactive ketones (excluding diaryl/α,β-unsaturated/α-hetero) is 1. The summed E-state index contributed by atoms with van der Waals surface area (Å²) in [5.74, 6) is -0.587. The summed E-state index contributed by atoms with van der Waals surface area (Å²) >= 11 is 1.16. The largest absolute Gasteiger partial charge is 0.301 e. The van der Waals surface area contributed by atoms with Gasteiger partial charge in [-0.3, -0.25) is 9.59 Å². The molecule has 84 valence electrons. The number of nitrogens with one attached hydrogen (secondary N) is 1. The minimum Gasteiger partial charge on any atom is -0.301 e. The van der Waals surface area contributed by atoms with Gasteiger partial charge in [-0.25, -0.2) is 4.98 Å². The van der Waals surface area contributed by atoms with Crippen LogP contribution in [0.15, 0.2) is 5.38 Å². The van der Waals surface area contributed by atoms with Crippen molar-refractivity contribution < 1.29 is 9.59 Å². The van der Waals surface area contributed by atoms with Crippen molar-refractivity contribution in [3.8, 4) is 6.07 Å². The van der Waals surface area contributed by atoms with Gasteiger partial charge in [-0.2, -0.15) is 5.26 Å². The van der Waals surface area contributed by atoms with Crippen molar-refractivity contribution >= 4 is 28.2 Å². The Morgan fingerprint density at radius 2 is 2.19 bits per heavy atom. The van der Waals surface area contributed by atoms with Crippen LogP contribution in [0.1, 0.15) is 31.3 Å². The Labute approximate surface area is 97.1 Å². The molecule has 1 aromatic rings. The summed E-state index contributed by atoms with van der Waals surface area (Å²) in [6, 6.07) is 1.89. The number of nitrogens with zero attached hydrogens (tertiary/aromatic N) is 2. The standard InChI is InChI=1S/C10H11N3O2S/c1-6(14)7-4-16-9(12-7)13-8(15)10(2,3)5-11/h4H,1-3H3,(H,12,13,15). The number of ketones is 1. The molecule has 0 aliphatic carbocycles. The molecule has 0 bridgehead atoms. The molecule has 0 aliphatic rings. The number of aromatic nitrogens is 1. The predicted molar refractivity (Wildman–Crippen MR) is 60.1 cm³/mol. The third kappa shape index (κ3) is 2.64. The molecular formula is C10H11N3O2S. The lowest BCUT2D eigenvalue weighted by Crippen LogP contribution is -2.29. The lowest BCUT2D eigenvalue weighted by molar-refractivity contribution is -0.121. The number of hydrogen-bond donors (Lipinski definition) is 1. The van der Waals surface area contributed by atoms with Gasteiger partial charge in [-0.15, -0.1) is 11.3 Å². The topological polar surface area (TPSA) is 82.9 Å². The maximum Gasteiger partial charge on any atom is 0.246 e. The first-order valence-electron chi connectivity index (χ1n) is 4.56. The van der Waals surface area contributed by atoms with Crippen LogP contribution < -0.4 is 5.32 Å². The molecule has 0 saturated heterocycles. The minimum absolute atomic E-state index is 0.156. The van der Waals surface area contributed by atoms with Crippen LogP contribution in [-0.2, 0) is 4.79 Å². The van der Waals surface area contributed by atoms with E-state index in [-0.39, 0.29) is 5.78 Å². The van der Waals surface area contributed by atoms with Crippen molar-refractivity contribution in [1.82, 2.24) is 4.98 Å². The van der Waals surface area contributed by atoms with Gasteiger partial charge < -0.3 is 5.32 Å². The fraction of sp³-hybridized carbons (Fsp3) is 0.400. The van der Waals surface area contributed by atoms with E-state index in [1.54, 1.807) is 5.38 Å². The van der Waals surface area contributed by atoms with Gasteiger partial charge in [0.05, 0.1) is 6.07 Å². The molecular weight excluding hydrogens is 226 g/mol. The summed E-state index contributed by atoms with van der Waals surface area (Å²) in [6.07, 6.45) is 0. The Balaban J connectivity index is 2.79. The Morgan fingerprint density at radius 1 is 1.56 bits per heavy atom. The first-order chi connectivity index (χ1) is 7.36. The zero-order valence-corrected chi connectivity index (χ0v) is 10.0. The molecule has 16 heavy (non-hydrogen) atoms. The highest BCUT2D eigenvalue weighted by molar-refractivity contribution is 7.14. The van der Waals surface area contributed by atoms with E-state index in [0.717, 1.165) is 11.3 Å². The van der Waals surface area contributed by atoms with E-state index >= 15 is 0 Å². The number of thiazole rings is 1. The van der Waals surface area contributed by atoms with Gasteiger partial charge in [0.25, 0.3) is 0 Å². The van der Waals surface area contributed by atoms with Crippen molar-refractivity contribution in [1.29, 1.82) is 5.26 Å². The van der Waals surface area contributed by atoms with Crippen molar-refractivity contribution in [2.24, 2.45) is 5.41 Å². The van der Waals surface area contributed by atoms with Crippen LogP contribution in [-0.4, -0.2) is 16.7 Å². The number of carbonyl (C=O) groups is 2. The molecule has 1 amide bonds. The van der Waals surface area contributed by atoms with Gasteiger partial charge in [0, 0.05) is 12.3 Å². The number of rotatable bonds is 3. The van der Waals surface area contributed by atoms with E-state index in [0.29, 0.717) is 10.8 Å². The zero-order chi connectivity index (χ0) is 12.3. The van der Waals surface area contributed by atoms with Crippen molar-refractivity contribution in [3.63, 3.8) is 0 Å². The summed E-state index contributed by atoms with van der Waals surface area (Å²) in [4.78, 5) is 26.5. The molecule has 0 aliphatic heterocycles. The SMILES string of the molecule is CC(=O)c1csc(NC(=O)C(C)(C)C#N)n1. The van der Waals surface area contributed by atoms with Crippen LogP contribution in [0, 0.1) is 16.7 Å². The molecule has 0 atom stereocenters. The van der Waals surface area contributed by atoms with Crippen molar-refractivity contribution in [3.05, 3.63) is 11.1 Å². The fourth-order valence-electron chi connectivity index (χ4n) is 0.797. The normalized spacial score (nSPS) is 10.6. The molecule has 1 N–H and O–H groups in total. The quantitative estimate of drug-likeness (QED) is 0.813. The summed E-state index contributed by atoms with van der Waals surface area (Å²) in [5, 5.41) is 13.2. The summed E-state index contributed by atoms with van der Waals surface area (Å²) < 4.78 is 0. The van der Waals surface area contributed by atoms with Crippen LogP contribution in [0.2, 0.25) is 0 Å². The van der Waals surface area contributed by atoms with Crippen molar-refractivity contribution in [2.75, 3.05) is 5.32 Å². The van der Waals surface area contributed by atoms with Gasteiger partial charge in [0.1, 0.15) is 11.1 Å².